The second kappa shape index (κ2) is 7.61. The van der Waals surface area contributed by atoms with Crippen LogP contribution in [0.1, 0.15) is 64.9 Å². The summed E-state index contributed by atoms with van der Waals surface area (Å²) in [4.78, 5) is 0. The van der Waals surface area contributed by atoms with Crippen molar-refractivity contribution in [2.45, 2.75) is 71.8 Å². The molecule has 1 heterocycles. The molecule has 0 bridgehead atoms. The van der Waals surface area contributed by atoms with Crippen molar-refractivity contribution in [2.75, 3.05) is 6.54 Å². The number of thiophene rings is 1. The molecule has 20 heavy (non-hydrogen) atoms. The molecular weight excluding hydrogens is 262 g/mol. The van der Waals surface area contributed by atoms with Crippen molar-refractivity contribution in [1.29, 1.82) is 0 Å². The Hall–Kier alpha value is -0.340. The highest BCUT2D eigenvalue weighted by Crippen LogP contribution is 2.43. The number of aryl methyl sites for hydroxylation is 1. The maximum absolute atomic E-state index is 3.86. The molecule has 114 valence electrons. The maximum atomic E-state index is 3.86. The zero-order valence-electron chi connectivity index (χ0n) is 13.5. The highest BCUT2D eigenvalue weighted by molar-refractivity contribution is 7.07. The van der Waals surface area contributed by atoms with Crippen LogP contribution in [0.15, 0.2) is 16.8 Å². The number of hydrogen-bond donors (Lipinski definition) is 1. The minimum absolute atomic E-state index is 0.512. The van der Waals surface area contributed by atoms with E-state index in [2.05, 4.69) is 42.9 Å². The monoisotopic (exact) mass is 293 g/mol. The van der Waals surface area contributed by atoms with E-state index < -0.39 is 0 Å². The molecule has 0 aromatic carbocycles. The zero-order chi connectivity index (χ0) is 14.4. The van der Waals surface area contributed by atoms with Crippen LogP contribution in [-0.2, 0) is 6.42 Å². The average molecular weight is 294 g/mol. The van der Waals surface area contributed by atoms with E-state index in [1.807, 2.05) is 11.3 Å². The second-order valence-electron chi connectivity index (χ2n) is 7.07. The van der Waals surface area contributed by atoms with Crippen LogP contribution in [0.25, 0.3) is 0 Å². The molecule has 1 fully saturated rings. The molecule has 0 amide bonds. The standard InChI is InChI=1S/C18H31NS/c1-4-12-19-17(9-8-15-10-13-20-14-15)16-7-5-6-11-18(16,2)3/h10,13-14,16-17,19H,4-9,11-12H2,1-3H3. The first-order valence-electron chi connectivity index (χ1n) is 8.38. The quantitative estimate of drug-likeness (QED) is 0.722. The van der Waals surface area contributed by atoms with Crippen molar-refractivity contribution in [2.24, 2.45) is 11.3 Å². The van der Waals surface area contributed by atoms with E-state index in [1.54, 1.807) is 0 Å². The molecule has 1 aromatic rings. The van der Waals surface area contributed by atoms with Gasteiger partial charge < -0.3 is 5.32 Å². The summed E-state index contributed by atoms with van der Waals surface area (Å²) in [6.07, 6.45) is 9.44. The summed E-state index contributed by atoms with van der Waals surface area (Å²) < 4.78 is 0. The van der Waals surface area contributed by atoms with E-state index in [4.69, 9.17) is 0 Å². The van der Waals surface area contributed by atoms with Crippen molar-refractivity contribution in [1.82, 2.24) is 5.32 Å². The molecule has 0 saturated heterocycles. The predicted octanol–water partition coefficient (Wildman–Crippen LogP) is 5.27. The Balaban J connectivity index is 1.97. The number of rotatable bonds is 7. The van der Waals surface area contributed by atoms with E-state index in [0.717, 1.165) is 5.92 Å². The maximum Gasteiger partial charge on any atom is 0.0104 e. The minimum atomic E-state index is 0.512. The summed E-state index contributed by atoms with van der Waals surface area (Å²) in [6, 6.07) is 2.98. The van der Waals surface area contributed by atoms with Crippen molar-refractivity contribution >= 4 is 11.3 Å². The molecule has 1 aliphatic rings. The molecule has 1 N–H and O–H groups in total. The Labute approximate surface area is 129 Å². The number of nitrogens with one attached hydrogen (secondary N) is 1. The van der Waals surface area contributed by atoms with Gasteiger partial charge in [0.15, 0.2) is 0 Å². The van der Waals surface area contributed by atoms with Gasteiger partial charge >= 0.3 is 0 Å². The van der Waals surface area contributed by atoms with Crippen LogP contribution in [0, 0.1) is 11.3 Å². The largest absolute Gasteiger partial charge is 0.314 e. The fourth-order valence-corrected chi connectivity index (χ4v) is 4.50. The third-order valence-corrected chi connectivity index (χ3v) is 5.79. The van der Waals surface area contributed by atoms with Crippen LogP contribution in [0.2, 0.25) is 0 Å². The molecule has 2 rings (SSSR count). The van der Waals surface area contributed by atoms with Gasteiger partial charge in [-0.25, -0.2) is 0 Å². The molecule has 0 aliphatic heterocycles. The Morgan fingerprint density at radius 3 is 2.90 bits per heavy atom. The van der Waals surface area contributed by atoms with Crippen molar-refractivity contribution in [3.63, 3.8) is 0 Å². The first-order valence-corrected chi connectivity index (χ1v) is 9.32. The molecule has 1 aliphatic carbocycles. The highest BCUT2D eigenvalue weighted by Gasteiger charge is 2.36. The SMILES string of the molecule is CCCNC(CCc1ccsc1)C1CCCCC1(C)C. The molecule has 2 unspecified atom stereocenters. The van der Waals surface area contributed by atoms with Crippen molar-refractivity contribution < 1.29 is 0 Å². The van der Waals surface area contributed by atoms with Crippen molar-refractivity contribution in [3.8, 4) is 0 Å². The van der Waals surface area contributed by atoms with Gasteiger partial charge in [-0.3, -0.25) is 0 Å². The minimum Gasteiger partial charge on any atom is -0.314 e. The first-order chi connectivity index (χ1) is 9.63. The zero-order valence-corrected chi connectivity index (χ0v) is 14.3. The fraction of sp³-hybridized carbons (Fsp3) is 0.778. The topological polar surface area (TPSA) is 12.0 Å². The Morgan fingerprint density at radius 1 is 1.40 bits per heavy atom. The van der Waals surface area contributed by atoms with E-state index >= 15 is 0 Å². The number of hydrogen-bond acceptors (Lipinski definition) is 2. The lowest BCUT2D eigenvalue weighted by atomic mass is 9.65. The smallest absolute Gasteiger partial charge is 0.0104 e. The molecular formula is C18H31NS. The van der Waals surface area contributed by atoms with Gasteiger partial charge in [-0.1, -0.05) is 33.6 Å². The van der Waals surface area contributed by atoms with Gasteiger partial charge in [0.2, 0.25) is 0 Å². The molecule has 1 saturated carbocycles. The molecule has 2 atom stereocenters. The average Bonchev–Trinajstić information content (AvgIpc) is 2.92. The Kier molecular flexibility index (Phi) is 6.10. The lowest BCUT2D eigenvalue weighted by Crippen LogP contribution is -2.45. The van der Waals surface area contributed by atoms with Gasteiger partial charge in [-0.15, -0.1) is 0 Å². The van der Waals surface area contributed by atoms with Crippen LogP contribution in [0.5, 0.6) is 0 Å². The Bertz CT molecular complexity index is 369. The van der Waals surface area contributed by atoms with E-state index in [-0.39, 0.29) is 0 Å². The van der Waals surface area contributed by atoms with Gasteiger partial charge in [0.1, 0.15) is 0 Å². The molecule has 2 heteroatoms. The highest BCUT2D eigenvalue weighted by atomic mass is 32.1. The third kappa shape index (κ3) is 4.33. The van der Waals surface area contributed by atoms with Gasteiger partial charge in [0, 0.05) is 6.04 Å². The second-order valence-corrected chi connectivity index (χ2v) is 7.85. The van der Waals surface area contributed by atoms with Crippen LogP contribution in [0.4, 0.5) is 0 Å². The normalized spacial score (nSPS) is 23.6. The summed E-state index contributed by atoms with van der Waals surface area (Å²) in [5.41, 5.74) is 2.03. The van der Waals surface area contributed by atoms with Gasteiger partial charge in [-0.2, -0.15) is 11.3 Å². The third-order valence-electron chi connectivity index (χ3n) is 5.06. The van der Waals surface area contributed by atoms with Crippen LogP contribution in [-0.4, -0.2) is 12.6 Å². The predicted molar refractivity (Wildman–Crippen MR) is 90.5 cm³/mol. The van der Waals surface area contributed by atoms with Crippen molar-refractivity contribution in [3.05, 3.63) is 22.4 Å². The van der Waals surface area contributed by atoms with E-state index in [1.165, 1.54) is 57.1 Å². The summed E-state index contributed by atoms with van der Waals surface area (Å²) in [5, 5.41) is 8.37. The van der Waals surface area contributed by atoms with Gasteiger partial charge in [0.05, 0.1) is 0 Å². The lowest BCUT2D eigenvalue weighted by molar-refractivity contribution is 0.0948. The summed E-state index contributed by atoms with van der Waals surface area (Å²) in [6.45, 7) is 8.42. The first kappa shape index (κ1) is 16.0. The summed E-state index contributed by atoms with van der Waals surface area (Å²) in [5.74, 6) is 0.849. The lowest BCUT2D eigenvalue weighted by Gasteiger charge is -2.43. The van der Waals surface area contributed by atoms with E-state index in [9.17, 15) is 0 Å². The fourth-order valence-electron chi connectivity index (χ4n) is 3.80. The summed E-state index contributed by atoms with van der Waals surface area (Å²) in [7, 11) is 0. The Morgan fingerprint density at radius 2 is 2.25 bits per heavy atom. The summed E-state index contributed by atoms with van der Waals surface area (Å²) >= 11 is 1.82. The van der Waals surface area contributed by atoms with E-state index in [0.29, 0.717) is 11.5 Å². The van der Waals surface area contributed by atoms with Gasteiger partial charge in [-0.05, 0) is 72.4 Å². The molecule has 1 nitrogen and oxygen atoms in total. The van der Waals surface area contributed by atoms with Crippen LogP contribution >= 0.6 is 11.3 Å². The molecule has 0 spiro atoms. The molecule has 0 radical (unpaired) electrons. The molecule has 1 aromatic heterocycles. The van der Waals surface area contributed by atoms with Crippen LogP contribution in [0.3, 0.4) is 0 Å². The van der Waals surface area contributed by atoms with Crippen LogP contribution < -0.4 is 5.32 Å². The van der Waals surface area contributed by atoms with Gasteiger partial charge in [0.25, 0.3) is 0 Å².